The van der Waals surface area contributed by atoms with Crippen molar-refractivity contribution in [1.29, 1.82) is 0 Å². The standard InChI is InChI=1S/C14H26N4O/c1-6-12-16-13(15-5)11(4)14(17-12)19-10-9-18(7-2)8-3/h6-10H2,1-5H3,(H,15,16,17). The molecule has 0 saturated heterocycles. The monoisotopic (exact) mass is 266 g/mol. The van der Waals surface area contributed by atoms with E-state index in [1.807, 2.05) is 20.9 Å². The molecule has 0 radical (unpaired) electrons. The molecule has 0 amide bonds. The van der Waals surface area contributed by atoms with Gasteiger partial charge in [-0.15, -0.1) is 0 Å². The average Bonchev–Trinajstić information content (AvgIpc) is 2.45. The predicted molar refractivity (Wildman–Crippen MR) is 79.0 cm³/mol. The minimum Gasteiger partial charge on any atom is -0.476 e. The summed E-state index contributed by atoms with van der Waals surface area (Å²) in [4.78, 5) is 11.2. The number of hydrogen-bond acceptors (Lipinski definition) is 5. The van der Waals surface area contributed by atoms with E-state index in [2.05, 4.69) is 34.0 Å². The zero-order chi connectivity index (χ0) is 14.3. The van der Waals surface area contributed by atoms with Crippen LogP contribution in [-0.2, 0) is 6.42 Å². The number of anilines is 1. The molecule has 108 valence electrons. The van der Waals surface area contributed by atoms with E-state index in [0.29, 0.717) is 12.5 Å². The van der Waals surface area contributed by atoms with E-state index < -0.39 is 0 Å². The SMILES string of the molecule is CCc1nc(NC)c(C)c(OCCN(CC)CC)n1. The molecule has 5 nitrogen and oxygen atoms in total. The Labute approximate surface area is 116 Å². The molecule has 0 fully saturated rings. The third-order valence-corrected chi connectivity index (χ3v) is 3.24. The summed E-state index contributed by atoms with van der Waals surface area (Å²) in [6.45, 7) is 12.0. The number of aromatic nitrogens is 2. The molecular weight excluding hydrogens is 240 g/mol. The molecule has 0 bridgehead atoms. The van der Waals surface area contributed by atoms with Gasteiger partial charge in [-0.05, 0) is 20.0 Å². The van der Waals surface area contributed by atoms with Gasteiger partial charge in [0.05, 0.1) is 5.56 Å². The van der Waals surface area contributed by atoms with Gasteiger partial charge < -0.3 is 15.0 Å². The topological polar surface area (TPSA) is 50.3 Å². The van der Waals surface area contributed by atoms with Crippen molar-refractivity contribution in [3.05, 3.63) is 11.4 Å². The first-order valence-corrected chi connectivity index (χ1v) is 7.06. The Morgan fingerprint density at radius 2 is 1.84 bits per heavy atom. The third kappa shape index (κ3) is 4.35. The van der Waals surface area contributed by atoms with Crippen LogP contribution in [0, 0.1) is 6.92 Å². The van der Waals surface area contributed by atoms with Crippen LogP contribution in [0.1, 0.15) is 32.2 Å². The molecule has 1 N–H and O–H groups in total. The Kier molecular flexibility index (Phi) is 6.56. The highest BCUT2D eigenvalue weighted by molar-refractivity contribution is 5.48. The molecule has 0 unspecified atom stereocenters. The summed E-state index contributed by atoms with van der Waals surface area (Å²) in [5.74, 6) is 2.36. The van der Waals surface area contributed by atoms with E-state index in [1.165, 1.54) is 0 Å². The van der Waals surface area contributed by atoms with Crippen LogP contribution in [0.5, 0.6) is 5.88 Å². The summed E-state index contributed by atoms with van der Waals surface area (Å²) >= 11 is 0. The minimum absolute atomic E-state index is 0.659. The van der Waals surface area contributed by atoms with Gasteiger partial charge in [0.1, 0.15) is 18.2 Å². The van der Waals surface area contributed by atoms with Crippen LogP contribution < -0.4 is 10.1 Å². The first-order valence-electron chi connectivity index (χ1n) is 7.06. The Morgan fingerprint density at radius 3 is 2.37 bits per heavy atom. The molecule has 0 aromatic carbocycles. The lowest BCUT2D eigenvalue weighted by Gasteiger charge is -2.18. The van der Waals surface area contributed by atoms with Crippen LogP contribution in [0.4, 0.5) is 5.82 Å². The number of nitrogens with one attached hydrogen (secondary N) is 1. The van der Waals surface area contributed by atoms with E-state index in [-0.39, 0.29) is 0 Å². The van der Waals surface area contributed by atoms with Gasteiger partial charge in [0.25, 0.3) is 0 Å². The van der Waals surface area contributed by atoms with Crippen LogP contribution in [0.2, 0.25) is 0 Å². The maximum Gasteiger partial charge on any atom is 0.221 e. The van der Waals surface area contributed by atoms with Crippen LogP contribution in [0.15, 0.2) is 0 Å². The van der Waals surface area contributed by atoms with Crippen molar-refractivity contribution in [2.45, 2.75) is 34.1 Å². The van der Waals surface area contributed by atoms with Crippen LogP contribution in [0.25, 0.3) is 0 Å². The molecule has 1 aromatic heterocycles. The number of aryl methyl sites for hydroxylation is 1. The number of likely N-dealkylation sites (N-methyl/N-ethyl adjacent to an activating group) is 1. The summed E-state index contributed by atoms with van der Waals surface area (Å²) in [6.07, 6.45) is 0.807. The van der Waals surface area contributed by atoms with Gasteiger partial charge in [-0.25, -0.2) is 4.98 Å². The number of ether oxygens (including phenoxy) is 1. The predicted octanol–water partition coefficient (Wildman–Crippen LogP) is 2.11. The van der Waals surface area contributed by atoms with Gasteiger partial charge in [-0.2, -0.15) is 4.98 Å². The number of hydrogen-bond donors (Lipinski definition) is 1. The second-order valence-corrected chi connectivity index (χ2v) is 4.40. The summed E-state index contributed by atoms with van der Waals surface area (Å²) in [7, 11) is 1.87. The van der Waals surface area contributed by atoms with Crippen LogP contribution in [-0.4, -0.2) is 48.2 Å². The van der Waals surface area contributed by atoms with Gasteiger partial charge in [-0.1, -0.05) is 20.8 Å². The first-order chi connectivity index (χ1) is 9.15. The highest BCUT2D eigenvalue weighted by Crippen LogP contribution is 2.21. The van der Waals surface area contributed by atoms with E-state index in [1.54, 1.807) is 0 Å². The molecule has 0 spiro atoms. The lowest BCUT2D eigenvalue weighted by Crippen LogP contribution is -2.28. The largest absolute Gasteiger partial charge is 0.476 e. The Morgan fingerprint density at radius 1 is 1.16 bits per heavy atom. The van der Waals surface area contributed by atoms with Crippen molar-refractivity contribution in [2.24, 2.45) is 0 Å². The molecule has 0 saturated carbocycles. The van der Waals surface area contributed by atoms with Gasteiger partial charge in [-0.3, -0.25) is 0 Å². The van der Waals surface area contributed by atoms with E-state index >= 15 is 0 Å². The molecule has 0 aliphatic heterocycles. The highest BCUT2D eigenvalue weighted by atomic mass is 16.5. The average molecular weight is 266 g/mol. The van der Waals surface area contributed by atoms with Crippen molar-refractivity contribution in [2.75, 3.05) is 38.6 Å². The summed E-state index contributed by atoms with van der Waals surface area (Å²) in [5.41, 5.74) is 0.972. The smallest absolute Gasteiger partial charge is 0.221 e. The molecule has 1 rings (SSSR count). The molecule has 0 atom stereocenters. The van der Waals surface area contributed by atoms with Gasteiger partial charge in [0, 0.05) is 20.0 Å². The maximum absolute atomic E-state index is 5.82. The van der Waals surface area contributed by atoms with E-state index in [4.69, 9.17) is 4.74 Å². The molecule has 19 heavy (non-hydrogen) atoms. The molecule has 0 aliphatic rings. The van der Waals surface area contributed by atoms with E-state index in [0.717, 1.165) is 43.3 Å². The number of nitrogens with zero attached hydrogens (tertiary/aromatic N) is 3. The van der Waals surface area contributed by atoms with Crippen molar-refractivity contribution >= 4 is 5.82 Å². The first kappa shape index (κ1) is 15.7. The Balaban J connectivity index is 2.71. The van der Waals surface area contributed by atoms with Crippen molar-refractivity contribution in [3.63, 3.8) is 0 Å². The number of rotatable bonds is 8. The lowest BCUT2D eigenvalue weighted by atomic mass is 10.3. The summed E-state index contributed by atoms with van der Waals surface area (Å²) in [6, 6.07) is 0. The maximum atomic E-state index is 5.82. The van der Waals surface area contributed by atoms with Gasteiger partial charge >= 0.3 is 0 Å². The zero-order valence-electron chi connectivity index (χ0n) is 12.8. The lowest BCUT2D eigenvalue weighted by molar-refractivity contribution is 0.216. The Hall–Kier alpha value is -1.36. The van der Waals surface area contributed by atoms with Crippen molar-refractivity contribution < 1.29 is 4.74 Å². The fraction of sp³-hybridized carbons (Fsp3) is 0.714. The quantitative estimate of drug-likeness (QED) is 0.781. The van der Waals surface area contributed by atoms with Crippen molar-refractivity contribution in [1.82, 2.24) is 14.9 Å². The van der Waals surface area contributed by atoms with Crippen LogP contribution >= 0.6 is 0 Å². The molecule has 0 aliphatic carbocycles. The van der Waals surface area contributed by atoms with Crippen molar-refractivity contribution in [3.8, 4) is 5.88 Å². The second kappa shape index (κ2) is 7.94. The molecular formula is C14H26N4O. The molecule has 1 aromatic rings. The molecule has 1 heterocycles. The van der Waals surface area contributed by atoms with Gasteiger partial charge in [0.2, 0.25) is 5.88 Å². The fourth-order valence-electron chi connectivity index (χ4n) is 1.89. The normalized spacial score (nSPS) is 10.8. The van der Waals surface area contributed by atoms with Gasteiger partial charge in [0.15, 0.2) is 0 Å². The second-order valence-electron chi connectivity index (χ2n) is 4.40. The zero-order valence-corrected chi connectivity index (χ0v) is 12.8. The Bertz CT molecular complexity index is 391. The van der Waals surface area contributed by atoms with E-state index in [9.17, 15) is 0 Å². The van der Waals surface area contributed by atoms with Crippen LogP contribution in [0.3, 0.4) is 0 Å². The highest BCUT2D eigenvalue weighted by Gasteiger charge is 2.10. The molecule has 5 heteroatoms. The third-order valence-electron chi connectivity index (χ3n) is 3.24. The summed E-state index contributed by atoms with van der Waals surface area (Å²) in [5, 5.41) is 3.09. The summed E-state index contributed by atoms with van der Waals surface area (Å²) < 4.78 is 5.82. The minimum atomic E-state index is 0.659. The fourth-order valence-corrected chi connectivity index (χ4v) is 1.89.